The van der Waals surface area contributed by atoms with Gasteiger partial charge in [-0.1, -0.05) is 12.1 Å². The Balaban J connectivity index is 2.63. The molecule has 1 aromatic heterocycles. The molecule has 4 nitrogen and oxygen atoms in total. The van der Waals surface area contributed by atoms with Crippen LogP contribution in [-0.2, 0) is 11.0 Å². The molecule has 0 saturated carbocycles. The van der Waals surface area contributed by atoms with Crippen LogP contribution in [0.5, 0.6) is 0 Å². The summed E-state index contributed by atoms with van der Waals surface area (Å²) < 4.78 is 37.6. The summed E-state index contributed by atoms with van der Waals surface area (Å²) in [7, 11) is 0. The van der Waals surface area contributed by atoms with Gasteiger partial charge in [0.05, 0.1) is 0 Å². The van der Waals surface area contributed by atoms with Crippen molar-refractivity contribution in [3.8, 4) is 0 Å². The van der Waals surface area contributed by atoms with E-state index >= 15 is 0 Å². The second-order valence-corrected chi connectivity index (χ2v) is 3.81. The maximum Gasteiger partial charge on any atom is 0.431 e. The van der Waals surface area contributed by atoms with Crippen molar-refractivity contribution in [2.45, 2.75) is 12.2 Å². The van der Waals surface area contributed by atoms with Gasteiger partial charge in [-0.3, -0.25) is 4.79 Å². The number of benzene rings is 1. The van der Waals surface area contributed by atoms with Gasteiger partial charge in [-0.2, -0.15) is 13.2 Å². The van der Waals surface area contributed by atoms with Crippen molar-refractivity contribution in [2.24, 2.45) is 5.73 Å². The summed E-state index contributed by atoms with van der Waals surface area (Å²) in [6.45, 7) is 0. The maximum absolute atomic E-state index is 12.5. The number of halogens is 3. The summed E-state index contributed by atoms with van der Waals surface area (Å²) in [6, 6.07) is 3.80. The number of H-pyrrole nitrogens is 1. The fraction of sp³-hybridized carbons (Fsp3) is 0.182. The van der Waals surface area contributed by atoms with Crippen LogP contribution in [0.3, 0.4) is 0 Å². The van der Waals surface area contributed by atoms with Gasteiger partial charge in [0.1, 0.15) is 11.7 Å². The zero-order valence-corrected chi connectivity index (χ0v) is 8.95. The topological polar surface area (TPSA) is 79.1 Å². The molecule has 96 valence electrons. The number of hydrogen-bond donors (Lipinski definition) is 3. The zero-order valence-electron chi connectivity index (χ0n) is 8.95. The number of nitrogens with one attached hydrogen (secondary N) is 1. The number of rotatable bonds is 2. The summed E-state index contributed by atoms with van der Waals surface area (Å²) in [4.78, 5) is 13.0. The van der Waals surface area contributed by atoms with Crippen LogP contribution in [0.2, 0.25) is 0 Å². The highest BCUT2D eigenvalue weighted by molar-refractivity contribution is 5.89. The van der Waals surface area contributed by atoms with Crippen LogP contribution in [0.25, 0.3) is 10.9 Å². The average molecular weight is 258 g/mol. The highest BCUT2D eigenvalue weighted by Gasteiger charge is 2.33. The molecule has 7 heteroatoms. The number of aliphatic carboxylic acids is 1. The lowest BCUT2D eigenvalue weighted by Crippen LogP contribution is -2.20. The molecule has 4 N–H and O–H groups in total. The Kier molecular flexibility index (Phi) is 2.78. The lowest BCUT2D eigenvalue weighted by atomic mass is 10.0. The molecule has 0 aliphatic rings. The van der Waals surface area contributed by atoms with Crippen LogP contribution >= 0.6 is 0 Å². The number of alkyl halides is 3. The minimum atomic E-state index is -4.51. The lowest BCUT2D eigenvalue weighted by Gasteiger charge is -2.07. The number of fused-ring (bicyclic) bond motifs is 1. The van der Waals surface area contributed by atoms with E-state index in [0.29, 0.717) is 0 Å². The van der Waals surface area contributed by atoms with Crippen molar-refractivity contribution in [1.29, 1.82) is 0 Å². The number of hydrogen-bond acceptors (Lipinski definition) is 2. The van der Waals surface area contributed by atoms with E-state index in [2.05, 4.69) is 4.98 Å². The molecule has 1 aromatic carbocycles. The molecule has 0 radical (unpaired) electrons. The minimum Gasteiger partial charge on any atom is -0.480 e. The molecule has 1 heterocycles. The van der Waals surface area contributed by atoms with Gasteiger partial charge in [-0.05, 0) is 17.7 Å². The summed E-state index contributed by atoms with van der Waals surface area (Å²) >= 11 is 0. The maximum atomic E-state index is 12.5. The van der Waals surface area contributed by atoms with Crippen molar-refractivity contribution >= 4 is 16.9 Å². The Hall–Kier alpha value is -2.02. The molecule has 1 unspecified atom stereocenters. The Labute approximate surface area is 99.2 Å². The predicted molar refractivity (Wildman–Crippen MR) is 57.9 cm³/mol. The molecule has 0 bridgehead atoms. The third-order valence-electron chi connectivity index (χ3n) is 2.60. The van der Waals surface area contributed by atoms with Gasteiger partial charge >= 0.3 is 12.1 Å². The van der Waals surface area contributed by atoms with Crippen LogP contribution in [0.4, 0.5) is 13.2 Å². The van der Waals surface area contributed by atoms with Crippen molar-refractivity contribution in [2.75, 3.05) is 0 Å². The van der Waals surface area contributed by atoms with Gasteiger partial charge in [0.2, 0.25) is 0 Å². The van der Waals surface area contributed by atoms with Crippen molar-refractivity contribution in [3.63, 3.8) is 0 Å². The smallest absolute Gasteiger partial charge is 0.431 e. The molecule has 2 aromatic rings. The van der Waals surface area contributed by atoms with E-state index < -0.39 is 23.9 Å². The van der Waals surface area contributed by atoms with E-state index in [1.54, 1.807) is 0 Å². The third kappa shape index (κ3) is 2.04. The van der Waals surface area contributed by atoms with Crippen LogP contribution in [0.1, 0.15) is 17.3 Å². The number of carboxylic acids is 1. The summed E-state index contributed by atoms with van der Waals surface area (Å²) in [6.07, 6.45) is -4.51. The van der Waals surface area contributed by atoms with E-state index in [4.69, 9.17) is 10.8 Å². The first kappa shape index (κ1) is 12.4. The quantitative estimate of drug-likeness (QED) is 0.773. The van der Waals surface area contributed by atoms with Crippen LogP contribution < -0.4 is 5.73 Å². The standard InChI is InChI=1S/C11H9F3N2O2/c12-11(13,14)8-4-6-5(9(15)10(17)18)2-1-3-7(6)16-8/h1-4,9,16H,15H2,(H,17,18). The molecule has 0 saturated heterocycles. The Morgan fingerprint density at radius 2 is 2.06 bits per heavy atom. The first-order chi connectivity index (χ1) is 8.30. The second-order valence-electron chi connectivity index (χ2n) is 3.81. The average Bonchev–Trinajstić information content (AvgIpc) is 2.70. The number of aromatic nitrogens is 1. The van der Waals surface area contributed by atoms with Gasteiger partial charge in [-0.15, -0.1) is 0 Å². The Morgan fingerprint density at radius 3 is 2.61 bits per heavy atom. The molecule has 0 amide bonds. The fourth-order valence-electron chi connectivity index (χ4n) is 1.74. The molecular formula is C11H9F3N2O2. The van der Waals surface area contributed by atoms with Crippen molar-refractivity contribution < 1.29 is 23.1 Å². The zero-order chi connectivity index (χ0) is 13.5. The number of nitrogens with two attached hydrogens (primary N) is 1. The Morgan fingerprint density at radius 1 is 1.39 bits per heavy atom. The summed E-state index contributed by atoms with van der Waals surface area (Å²) in [5.74, 6) is -1.29. The van der Waals surface area contributed by atoms with Gasteiger partial charge in [0.25, 0.3) is 0 Å². The fourth-order valence-corrected chi connectivity index (χ4v) is 1.74. The first-order valence-corrected chi connectivity index (χ1v) is 4.98. The molecule has 18 heavy (non-hydrogen) atoms. The van der Waals surface area contributed by atoms with Crippen LogP contribution in [0, 0.1) is 0 Å². The molecule has 1 atom stereocenters. The van der Waals surface area contributed by atoms with Gasteiger partial charge in [-0.25, -0.2) is 0 Å². The molecular weight excluding hydrogens is 249 g/mol. The number of carboxylic acid groups (broad SMARTS) is 1. The number of aromatic amines is 1. The van der Waals surface area contributed by atoms with Crippen LogP contribution in [-0.4, -0.2) is 16.1 Å². The van der Waals surface area contributed by atoms with E-state index in [0.717, 1.165) is 6.07 Å². The summed E-state index contributed by atoms with van der Waals surface area (Å²) in [5, 5.41) is 8.97. The van der Waals surface area contributed by atoms with E-state index in [9.17, 15) is 18.0 Å². The number of carbonyl (C=O) groups is 1. The SMILES string of the molecule is NC(C(=O)O)c1cccc2[nH]c(C(F)(F)F)cc12. The van der Waals surface area contributed by atoms with E-state index in [1.165, 1.54) is 18.2 Å². The van der Waals surface area contributed by atoms with Crippen molar-refractivity contribution in [3.05, 3.63) is 35.5 Å². The lowest BCUT2D eigenvalue weighted by molar-refractivity contribution is -0.140. The van der Waals surface area contributed by atoms with E-state index in [1.807, 2.05) is 0 Å². The highest BCUT2D eigenvalue weighted by Crippen LogP contribution is 2.33. The van der Waals surface area contributed by atoms with Gasteiger partial charge < -0.3 is 15.8 Å². The van der Waals surface area contributed by atoms with Crippen LogP contribution in [0.15, 0.2) is 24.3 Å². The summed E-state index contributed by atoms with van der Waals surface area (Å²) in [5.41, 5.74) is 4.85. The van der Waals surface area contributed by atoms with E-state index in [-0.39, 0.29) is 16.5 Å². The molecule has 0 spiro atoms. The molecule has 0 aliphatic carbocycles. The van der Waals surface area contributed by atoms with Crippen molar-refractivity contribution in [1.82, 2.24) is 4.98 Å². The van der Waals surface area contributed by atoms with Gasteiger partial charge in [0.15, 0.2) is 0 Å². The first-order valence-electron chi connectivity index (χ1n) is 4.98. The molecule has 2 rings (SSSR count). The van der Waals surface area contributed by atoms with Gasteiger partial charge in [0, 0.05) is 10.9 Å². The molecule has 0 fully saturated rings. The Bertz CT molecular complexity index is 604. The predicted octanol–water partition coefficient (Wildman–Crippen LogP) is 2.27. The molecule has 0 aliphatic heterocycles. The monoisotopic (exact) mass is 258 g/mol. The third-order valence-corrected chi connectivity index (χ3v) is 2.60. The highest BCUT2D eigenvalue weighted by atomic mass is 19.4. The normalized spacial score (nSPS) is 13.8. The minimum absolute atomic E-state index is 0.145. The largest absolute Gasteiger partial charge is 0.480 e. The second kappa shape index (κ2) is 4.02.